The number of nitrogens with one attached hydrogen (secondary N) is 2. The second-order valence-corrected chi connectivity index (χ2v) is 5.23. The lowest BCUT2D eigenvalue weighted by Gasteiger charge is -2.13. The lowest BCUT2D eigenvalue weighted by atomic mass is 10.2. The third kappa shape index (κ3) is 8.92. The van der Waals surface area contributed by atoms with E-state index in [1.807, 2.05) is 12.1 Å². The second kappa shape index (κ2) is 14.1. The summed E-state index contributed by atoms with van der Waals surface area (Å²) in [5.41, 5.74) is 1.59. The maximum absolute atomic E-state index is 11.9. The van der Waals surface area contributed by atoms with Crippen molar-refractivity contribution in [2.75, 3.05) is 39.2 Å². The van der Waals surface area contributed by atoms with Crippen LogP contribution in [-0.4, -0.2) is 44.8 Å². The third-order valence-corrected chi connectivity index (χ3v) is 3.33. The molecule has 0 aliphatic rings. The van der Waals surface area contributed by atoms with E-state index in [-0.39, 0.29) is 37.3 Å². The van der Waals surface area contributed by atoms with Crippen LogP contribution in [0.3, 0.4) is 0 Å². The molecule has 2 rings (SSSR count). The summed E-state index contributed by atoms with van der Waals surface area (Å²) in [6.45, 7) is 1.75. The normalized spacial score (nSPS) is 9.56. The minimum Gasteiger partial charge on any atom is -0.493 e. The molecule has 27 heavy (non-hydrogen) atoms. The van der Waals surface area contributed by atoms with Crippen molar-refractivity contribution in [3.63, 3.8) is 0 Å². The fraction of sp³-hybridized carbons (Fsp3) is 0.333. The van der Waals surface area contributed by atoms with Crippen LogP contribution in [0, 0.1) is 0 Å². The van der Waals surface area contributed by atoms with E-state index in [0.717, 1.165) is 5.56 Å². The Kier molecular flexibility index (Phi) is 13.0. The van der Waals surface area contributed by atoms with Crippen LogP contribution in [-0.2, 0) is 16.1 Å². The molecule has 7 nitrogen and oxygen atoms in total. The van der Waals surface area contributed by atoms with Gasteiger partial charge in [0.15, 0.2) is 11.5 Å². The molecular weight excluding hydrogens is 393 g/mol. The number of ether oxygens (including phenoxy) is 3. The zero-order valence-corrected chi connectivity index (χ0v) is 16.9. The predicted molar refractivity (Wildman–Crippen MR) is 109 cm³/mol. The number of aromatic nitrogens is 1. The average Bonchev–Trinajstić information content (AvgIpc) is 2.64. The topological polar surface area (TPSA) is 81.7 Å². The Hall–Kier alpha value is -2.06. The summed E-state index contributed by atoms with van der Waals surface area (Å²) in [5.74, 6) is 1.01. The van der Waals surface area contributed by atoms with E-state index in [4.69, 9.17) is 14.2 Å². The zero-order chi connectivity index (χ0) is 17.9. The lowest BCUT2D eigenvalue weighted by Crippen LogP contribution is -2.30. The Morgan fingerprint density at radius 1 is 1.15 bits per heavy atom. The van der Waals surface area contributed by atoms with Crippen LogP contribution >= 0.6 is 24.8 Å². The number of carbonyl (C=O) groups excluding carboxylic acids is 1. The van der Waals surface area contributed by atoms with E-state index < -0.39 is 0 Å². The number of amides is 1. The lowest BCUT2D eigenvalue weighted by molar-refractivity contribution is -0.115. The number of benzene rings is 1. The van der Waals surface area contributed by atoms with Gasteiger partial charge in [-0.3, -0.25) is 9.78 Å². The van der Waals surface area contributed by atoms with E-state index >= 15 is 0 Å². The van der Waals surface area contributed by atoms with Crippen LogP contribution in [0.4, 0.5) is 5.69 Å². The van der Waals surface area contributed by atoms with Crippen molar-refractivity contribution >= 4 is 36.4 Å². The summed E-state index contributed by atoms with van der Waals surface area (Å²) < 4.78 is 16.0. The molecule has 2 aromatic rings. The zero-order valence-electron chi connectivity index (χ0n) is 15.3. The van der Waals surface area contributed by atoms with E-state index in [2.05, 4.69) is 15.6 Å². The molecule has 1 aromatic heterocycles. The van der Waals surface area contributed by atoms with E-state index in [1.54, 1.807) is 44.8 Å². The molecule has 0 saturated carbocycles. The molecule has 2 N–H and O–H groups in total. The van der Waals surface area contributed by atoms with Crippen LogP contribution in [0.1, 0.15) is 5.56 Å². The molecule has 0 aliphatic carbocycles. The van der Waals surface area contributed by atoms with Gasteiger partial charge in [0.1, 0.15) is 6.61 Å². The number of hydrogen-bond donors (Lipinski definition) is 2. The number of halogens is 2. The van der Waals surface area contributed by atoms with Crippen LogP contribution in [0.25, 0.3) is 0 Å². The smallest absolute Gasteiger partial charge is 0.238 e. The van der Waals surface area contributed by atoms with Gasteiger partial charge < -0.3 is 24.8 Å². The Labute approximate surface area is 171 Å². The fourth-order valence-corrected chi connectivity index (χ4v) is 2.09. The molecule has 1 heterocycles. The van der Waals surface area contributed by atoms with Gasteiger partial charge in [0.2, 0.25) is 5.91 Å². The highest BCUT2D eigenvalue weighted by molar-refractivity contribution is 5.92. The summed E-state index contributed by atoms with van der Waals surface area (Å²) in [6, 6.07) is 9.04. The highest BCUT2D eigenvalue weighted by atomic mass is 35.5. The summed E-state index contributed by atoms with van der Waals surface area (Å²) in [4.78, 5) is 16.0. The number of pyridine rings is 1. The van der Waals surface area contributed by atoms with Gasteiger partial charge in [-0.25, -0.2) is 0 Å². The molecule has 0 bridgehead atoms. The van der Waals surface area contributed by atoms with E-state index in [9.17, 15) is 4.79 Å². The Morgan fingerprint density at radius 2 is 1.96 bits per heavy atom. The highest BCUT2D eigenvalue weighted by Gasteiger charge is 2.09. The molecule has 9 heteroatoms. The first-order chi connectivity index (χ1) is 12.2. The second-order valence-electron chi connectivity index (χ2n) is 5.23. The van der Waals surface area contributed by atoms with Gasteiger partial charge in [-0.2, -0.15) is 0 Å². The maximum atomic E-state index is 11.9. The summed E-state index contributed by atoms with van der Waals surface area (Å²) in [6.07, 6.45) is 3.45. The Morgan fingerprint density at radius 3 is 2.63 bits per heavy atom. The third-order valence-electron chi connectivity index (χ3n) is 3.33. The van der Waals surface area contributed by atoms with Crippen molar-refractivity contribution in [3.8, 4) is 11.5 Å². The van der Waals surface area contributed by atoms with Crippen molar-refractivity contribution in [1.29, 1.82) is 0 Å². The number of rotatable bonds is 10. The predicted octanol–water partition coefficient (Wildman–Crippen LogP) is 2.69. The fourth-order valence-electron chi connectivity index (χ4n) is 2.09. The molecule has 1 aromatic carbocycles. The van der Waals surface area contributed by atoms with Gasteiger partial charge in [0.05, 0.1) is 20.3 Å². The molecule has 1 amide bonds. The minimum absolute atomic E-state index is 0. The van der Waals surface area contributed by atoms with E-state index in [1.165, 1.54) is 0 Å². The van der Waals surface area contributed by atoms with Gasteiger partial charge in [-0.05, 0) is 18.2 Å². The molecule has 0 atom stereocenters. The molecule has 0 fully saturated rings. The van der Waals surface area contributed by atoms with Gasteiger partial charge in [0, 0.05) is 43.4 Å². The SMILES string of the molecule is COCCNCC(=O)Nc1ccc(OC)c(OCc2cccnc2)c1.Cl.Cl. The Bertz CT molecular complexity index is 675. The number of carbonyl (C=O) groups is 1. The molecule has 0 radical (unpaired) electrons. The monoisotopic (exact) mass is 417 g/mol. The number of hydrogen-bond acceptors (Lipinski definition) is 6. The van der Waals surface area contributed by atoms with Crippen molar-refractivity contribution in [2.24, 2.45) is 0 Å². The van der Waals surface area contributed by atoms with Crippen LogP contribution in [0.2, 0.25) is 0 Å². The van der Waals surface area contributed by atoms with E-state index in [0.29, 0.717) is 36.9 Å². The summed E-state index contributed by atoms with van der Waals surface area (Å²) in [7, 11) is 3.19. The molecule has 0 aliphatic heterocycles. The Balaban J connectivity index is 0.00000338. The van der Waals surface area contributed by atoms with Crippen molar-refractivity contribution in [2.45, 2.75) is 6.61 Å². The number of nitrogens with zero attached hydrogens (tertiary/aromatic N) is 1. The largest absolute Gasteiger partial charge is 0.493 e. The molecule has 150 valence electrons. The van der Waals surface area contributed by atoms with Crippen LogP contribution < -0.4 is 20.1 Å². The first kappa shape index (κ1) is 24.9. The molecule has 0 saturated heterocycles. The van der Waals surface area contributed by atoms with Crippen molar-refractivity contribution in [3.05, 3.63) is 48.3 Å². The van der Waals surface area contributed by atoms with Crippen molar-refractivity contribution < 1.29 is 19.0 Å². The molecule has 0 unspecified atom stereocenters. The van der Waals surface area contributed by atoms with Gasteiger partial charge in [0.25, 0.3) is 0 Å². The van der Waals surface area contributed by atoms with Crippen LogP contribution in [0.5, 0.6) is 11.5 Å². The molecular formula is C18H25Cl2N3O4. The van der Waals surface area contributed by atoms with Gasteiger partial charge in [-0.15, -0.1) is 24.8 Å². The van der Waals surface area contributed by atoms with Crippen molar-refractivity contribution in [1.82, 2.24) is 10.3 Å². The first-order valence-electron chi connectivity index (χ1n) is 7.92. The minimum atomic E-state index is -0.139. The first-order valence-corrected chi connectivity index (χ1v) is 7.92. The number of methoxy groups -OCH3 is 2. The maximum Gasteiger partial charge on any atom is 0.238 e. The molecule has 0 spiro atoms. The average molecular weight is 418 g/mol. The highest BCUT2D eigenvalue weighted by Crippen LogP contribution is 2.30. The van der Waals surface area contributed by atoms with Gasteiger partial charge >= 0.3 is 0 Å². The standard InChI is InChI=1S/C18H23N3O4.2ClH/c1-23-9-8-20-12-18(22)21-15-5-6-16(24-2)17(10-15)25-13-14-4-3-7-19-11-14;;/h3-7,10-11,20H,8-9,12-13H2,1-2H3,(H,21,22);2*1H. The van der Waals surface area contributed by atoms with Crippen LogP contribution in [0.15, 0.2) is 42.7 Å². The summed E-state index contributed by atoms with van der Waals surface area (Å²) >= 11 is 0. The quantitative estimate of drug-likeness (QED) is 0.578. The summed E-state index contributed by atoms with van der Waals surface area (Å²) in [5, 5.41) is 5.81. The number of anilines is 1. The van der Waals surface area contributed by atoms with Gasteiger partial charge in [-0.1, -0.05) is 6.07 Å².